The molecule has 1 amide bonds. The lowest BCUT2D eigenvalue weighted by Gasteiger charge is -2.12. The third-order valence-corrected chi connectivity index (χ3v) is 3.56. The van der Waals surface area contributed by atoms with Crippen LogP contribution in [0.3, 0.4) is 0 Å². The zero-order valence-corrected chi connectivity index (χ0v) is 15.2. The Hall–Kier alpha value is -3.88. The van der Waals surface area contributed by atoms with E-state index < -0.39 is 16.8 Å². The maximum Gasteiger partial charge on any atom is 0.352 e. The van der Waals surface area contributed by atoms with Crippen LogP contribution in [0.4, 0.5) is 5.69 Å². The van der Waals surface area contributed by atoms with Crippen molar-refractivity contribution in [3.05, 3.63) is 69.4 Å². The van der Waals surface area contributed by atoms with Crippen molar-refractivity contribution in [2.75, 3.05) is 7.11 Å². The van der Waals surface area contributed by atoms with Crippen LogP contribution < -0.4 is 14.8 Å². The van der Waals surface area contributed by atoms with Crippen LogP contribution >= 0.6 is 0 Å². The van der Waals surface area contributed by atoms with Gasteiger partial charge < -0.3 is 19.9 Å². The summed E-state index contributed by atoms with van der Waals surface area (Å²) >= 11 is 0. The van der Waals surface area contributed by atoms with Crippen molar-refractivity contribution in [1.29, 1.82) is 0 Å². The van der Waals surface area contributed by atoms with Gasteiger partial charge in [0, 0.05) is 19.1 Å². The molecule has 0 atom stereocenters. The Morgan fingerprint density at radius 2 is 1.96 bits per heavy atom. The number of nitrogens with zero attached hydrogens (tertiary/aromatic N) is 1. The highest BCUT2D eigenvalue weighted by atomic mass is 16.6. The molecule has 0 aliphatic rings. The number of rotatable bonds is 8. The smallest absolute Gasteiger partial charge is 0.352 e. The third-order valence-electron chi connectivity index (χ3n) is 3.56. The molecule has 2 N–H and O–H groups in total. The molecular weight excluding hydrogens is 368 g/mol. The van der Waals surface area contributed by atoms with Gasteiger partial charge >= 0.3 is 5.97 Å². The summed E-state index contributed by atoms with van der Waals surface area (Å²) in [6, 6.07) is 10.8. The number of methoxy groups -OCH3 is 1. The molecule has 0 fully saturated rings. The summed E-state index contributed by atoms with van der Waals surface area (Å²) in [6.45, 7) is 1.29. The zero-order valence-electron chi connectivity index (χ0n) is 15.2. The number of nitrogens with one attached hydrogen (secondary N) is 1. The summed E-state index contributed by atoms with van der Waals surface area (Å²) in [5.74, 6) is -1.06. The van der Waals surface area contributed by atoms with Crippen molar-refractivity contribution >= 4 is 23.6 Å². The Morgan fingerprint density at radius 1 is 1.21 bits per heavy atom. The van der Waals surface area contributed by atoms with Gasteiger partial charge in [-0.3, -0.25) is 14.9 Å². The molecule has 0 bridgehead atoms. The van der Waals surface area contributed by atoms with Crippen LogP contribution in [0.15, 0.2) is 48.2 Å². The van der Waals surface area contributed by atoms with Crippen molar-refractivity contribution < 1.29 is 29.1 Å². The maximum atomic E-state index is 11.2. The number of carboxylic acids is 1. The molecule has 9 nitrogen and oxygen atoms in total. The minimum atomic E-state index is -1.28. The van der Waals surface area contributed by atoms with E-state index in [9.17, 15) is 19.7 Å². The molecule has 0 unspecified atom stereocenters. The minimum absolute atomic E-state index is 0.0345. The van der Waals surface area contributed by atoms with Crippen molar-refractivity contribution in [3.8, 4) is 11.5 Å². The number of ether oxygens (including phenoxy) is 2. The number of non-ortho nitro benzene ring substituents is 1. The molecular formula is C19H18N2O7. The second-order valence-electron chi connectivity index (χ2n) is 5.67. The Kier molecular flexibility index (Phi) is 6.69. The molecule has 0 aliphatic heterocycles. The number of hydrogen-bond acceptors (Lipinski definition) is 6. The lowest BCUT2D eigenvalue weighted by atomic mass is 10.1. The number of carboxylic acid groups (broad SMARTS) is 1. The van der Waals surface area contributed by atoms with Gasteiger partial charge in [0.15, 0.2) is 11.5 Å². The summed E-state index contributed by atoms with van der Waals surface area (Å²) in [4.78, 5) is 32.7. The quantitative estimate of drug-likeness (QED) is 0.405. The first-order valence-corrected chi connectivity index (χ1v) is 8.07. The Bertz CT molecular complexity index is 938. The second-order valence-corrected chi connectivity index (χ2v) is 5.67. The number of benzene rings is 2. The molecule has 2 aromatic carbocycles. The number of aliphatic carboxylic acids is 1. The van der Waals surface area contributed by atoms with Gasteiger partial charge in [-0.15, -0.1) is 0 Å². The lowest BCUT2D eigenvalue weighted by Crippen LogP contribution is -2.24. The van der Waals surface area contributed by atoms with Crippen LogP contribution in [-0.4, -0.2) is 29.0 Å². The third kappa shape index (κ3) is 5.56. The highest BCUT2D eigenvalue weighted by Gasteiger charge is 2.12. The molecule has 0 saturated heterocycles. The van der Waals surface area contributed by atoms with Crippen LogP contribution in [0.25, 0.3) is 6.08 Å². The summed E-state index contributed by atoms with van der Waals surface area (Å²) in [5, 5.41) is 22.2. The van der Waals surface area contributed by atoms with E-state index in [0.717, 1.165) is 0 Å². The summed E-state index contributed by atoms with van der Waals surface area (Å²) in [5.41, 5.74) is 0.775. The standard InChI is InChI=1S/C19H18N2O7/c1-12(22)20-16(19(23)24)9-13-6-7-17(18(10-13)27-2)28-11-14-4-3-5-15(8-14)21(25)26/h3-10H,11H2,1-2H3,(H,20,22)(H,23,24)/b16-9+. The fourth-order valence-electron chi connectivity index (χ4n) is 2.32. The van der Waals surface area contributed by atoms with Crippen LogP contribution in [0.5, 0.6) is 11.5 Å². The van der Waals surface area contributed by atoms with Gasteiger partial charge in [0.1, 0.15) is 12.3 Å². The largest absolute Gasteiger partial charge is 0.493 e. The lowest BCUT2D eigenvalue weighted by molar-refractivity contribution is -0.384. The number of carbonyl (C=O) groups is 2. The van der Waals surface area contributed by atoms with E-state index in [2.05, 4.69) is 5.32 Å². The first kappa shape index (κ1) is 20.4. The predicted octanol–water partition coefficient (Wildman–Crippen LogP) is 2.74. The number of amides is 1. The molecule has 9 heteroatoms. The van der Waals surface area contributed by atoms with Gasteiger partial charge in [0.25, 0.3) is 5.69 Å². The van der Waals surface area contributed by atoms with Gasteiger partial charge in [-0.25, -0.2) is 4.79 Å². The van der Waals surface area contributed by atoms with E-state index in [1.807, 2.05) is 0 Å². The SMILES string of the molecule is COc1cc(/C=C(/NC(C)=O)C(=O)O)ccc1OCc1cccc([N+](=O)[O-])c1. The monoisotopic (exact) mass is 386 g/mol. The van der Waals surface area contributed by atoms with E-state index in [1.165, 1.54) is 32.2 Å². The second kappa shape index (κ2) is 9.17. The van der Waals surface area contributed by atoms with Crippen molar-refractivity contribution in [2.45, 2.75) is 13.5 Å². The molecule has 0 aromatic heterocycles. The first-order chi connectivity index (χ1) is 13.3. The minimum Gasteiger partial charge on any atom is -0.493 e. The molecule has 0 radical (unpaired) electrons. The number of nitro benzene ring substituents is 1. The summed E-state index contributed by atoms with van der Waals surface area (Å²) in [6.07, 6.45) is 1.29. The molecule has 0 spiro atoms. The Labute approximate surface area is 160 Å². The molecule has 2 rings (SSSR count). The van der Waals surface area contributed by atoms with E-state index in [-0.39, 0.29) is 18.0 Å². The van der Waals surface area contributed by atoms with Crippen molar-refractivity contribution in [1.82, 2.24) is 5.32 Å². The van der Waals surface area contributed by atoms with Crippen LogP contribution in [0.1, 0.15) is 18.1 Å². The number of nitro groups is 1. The van der Waals surface area contributed by atoms with Gasteiger partial charge in [0.2, 0.25) is 5.91 Å². The predicted molar refractivity (Wildman–Crippen MR) is 99.9 cm³/mol. The maximum absolute atomic E-state index is 11.2. The van der Waals surface area contributed by atoms with Crippen molar-refractivity contribution in [3.63, 3.8) is 0 Å². The fourth-order valence-corrected chi connectivity index (χ4v) is 2.32. The average Bonchev–Trinajstić information content (AvgIpc) is 2.66. The van der Waals surface area contributed by atoms with Gasteiger partial charge in [0.05, 0.1) is 12.0 Å². The number of hydrogen-bond donors (Lipinski definition) is 2. The molecule has 146 valence electrons. The molecule has 2 aromatic rings. The molecule has 0 aliphatic carbocycles. The van der Waals surface area contributed by atoms with Crippen LogP contribution in [-0.2, 0) is 16.2 Å². The highest BCUT2D eigenvalue weighted by molar-refractivity contribution is 5.96. The van der Waals surface area contributed by atoms with Crippen LogP contribution in [0, 0.1) is 10.1 Å². The van der Waals surface area contributed by atoms with Crippen LogP contribution in [0.2, 0.25) is 0 Å². The topological polar surface area (TPSA) is 128 Å². The highest BCUT2D eigenvalue weighted by Crippen LogP contribution is 2.30. The first-order valence-electron chi connectivity index (χ1n) is 8.07. The van der Waals surface area contributed by atoms with Crippen molar-refractivity contribution in [2.24, 2.45) is 0 Å². The Balaban J connectivity index is 2.21. The fraction of sp³-hybridized carbons (Fsp3) is 0.158. The van der Waals surface area contributed by atoms with Gasteiger partial charge in [-0.05, 0) is 29.3 Å². The summed E-state index contributed by atoms with van der Waals surface area (Å²) < 4.78 is 10.9. The zero-order chi connectivity index (χ0) is 20.7. The van der Waals surface area contributed by atoms with E-state index in [4.69, 9.17) is 14.6 Å². The average molecular weight is 386 g/mol. The Morgan fingerprint density at radius 3 is 2.57 bits per heavy atom. The van der Waals surface area contributed by atoms with E-state index in [1.54, 1.807) is 30.3 Å². The van der Waals surface area contributed by atoms with E-state index in [0.29, 0.717) is 22.6 Å². The van der Waals surface area contributed by atoms with Gasteiger partial charge in [-0.2, -0.15) is 0 Å². The molecule has 28 heavy (non-hydrogen) atoms. The number of carbonyl (C=O) groups excluding carboxylic acids is 1. The van der Waals surface area contributed by atoms with Gasteiger partial charge in [-0.1, -0.05) is 18.2 Å². The normalized spacial score (nSPS) is 10.9. The molecule has 0 saturated carbocycles. The summed E-state index contributed by atoms with van der Waals surface area (Å²) in [7, 11) is 1.43. The molecule has 0 heterocycles. The van der Waals surface area contributed by atoms with E-state index >= 15 is 0 Å².